The van der Waals surface area contributed by atoms with E-state index >= 15 is 0 Å². The van der Waals surface area contributed by atoms with E-state index in [1.54, 1.807) is 31.4 Å². The highest BCUT2D eigenvalue weighted by molar-refractivity contribution is 6.24. The first kappa shape index (κ1) is 27.0. The standard InChI is InChI=1S/C31H28N4O7/c1-16(36)25(30(39)40)33-28(37)20-8-4-6-10-23(20)35-29(38)24-15-21-19-7-3-5-9-22(19)32-26(21)27(34(24)31(35)41)17-11-13-18(42-2)14-12-17/h3-14,16,24-25,27,32,36H,15H2,1-2H3,(H,33,37)(H,39,40)/t16?,24-,25+,27?/m0/s1. The van der Waals surface area contributed by atoms with Crippen LogP contribution in [0.5, 0.6) is 5.75 Å². The van der Waals surface area contributed by atoms with Crippen LogP contribution in [0.25, 0.3) is 10.9 Å². The highest BCUT2D eigenvalue weighted by atomic mass is 16.5. The molecular weight excluding hydrogens is 540 g/mol. The molecule has 1 fully saturated rings. The van der Waals surface area contributed by atoms with Crippen LogP contribution in [-0.2, 0) is 16.0 Å². The van der Waals surface area contributed by atoms with Crippen molar-refractivity contribution in [2.24, 2.45) is 0 Å². The number of carbonyl (C=O) groups excluding carboxylic acids is 3. The molecule has 1 aromatic heterocycles. The Kier molecular flexibility index (Phi) is 6.66. The van der Waals surface area contributed by atoms with Crippen LogP contribution in [0.3, 0.4) is 0 Å². The first-order valence-electron chi connectivity index (χ1n) is 13.4. The fraction of sp³-hybridized carbons (Fsp3) is 0.226. The molecule has 2 aliphatic rings. The van der Waals surface area contributed by atoms with Gasteiger partial charge in [-0.15, -0.1) is 0 Å². The number of carbonyl (C=O) groups is 4. The van der Waals surface area contributed by atoms with Gasteiger partial charge in [0.05, 0.1) is 24.5 Å². The predicted octanol–water partition coefficient (Wildman–Crippen LogP) is 3.22. The first-order valence-corrected chi connectivity index (χ1v) is 13.4. The van der Waals surface area contributed by atoms with Crippen LogP contribution in [0, 0.1) is 0 Å². The first-order chi connectivity index (χ1) is 20.2. The number of nitrogens with zero attached hydrogens (tertiary/aromatic N) is 2. The summed E-state index contributed by atoms with van der Waals surface area (Å²) in [5, 5.41) is 22.6. The number of ether oxygens (including phenoxy) is 1. The summed E-state index contributed by atoms with van der Waals surface area (Å²) in [6.07, 6.45) is -1.11. The van der Waals surface area contributed by atoms with Gasteiger partial charge in [-0.25, -0.2) is 14.5 Å². The summed E-state index contributed by atoms with van der Waals surface area (Å²) in [5.74, 6) is -2.12. The van der Waals surface area contributed by atoms with E-state index in [-0.39, 0.29) is 17.7 Å². The van der Waals surface area contributed by atoms with E-state index in [9.17, 15) is 29.4 Å². The number of aliphatic hydroxyl groups excluding tert-OH is 1. The highest BCUT2D eigenvalue weighted by Crippen LogP contribution is 2.45. The van der Waals surface area contributed by atoms with Crippen molar-refractivity contribution in [2.75, 3.05) is 12.0 Å². The molecule has 4 N–H and O–H groups in total. The number of carboxylic acids is 1. The lowest BCUT2D eigenvalue weighted by Gasteiger charge is -2.36. The van der Waals surface area contributed by atoms with Crippen LogP contribution in [0.2, 0.25) is 0 Å². The minimum atomic E-state index is -1.58. The molecule has 4 atom stereocenters. The number of benzene rings is 3. The van der Waals surface area contributed by atoms with Gasteiger partial charge in [0.1, 0.15) is 17.8 Å². The van der Waals surface area contributed by atoms with Crippen LogP contribution in [-0.4, -0.2) is 69.2 Å². The fourth-order valence-electron chi connectivity index (χ4n) is 5.90. The van der Waals surface area contributed by atoms with E-state index < -0.39 is 48.0 Å². The normalized spacial score (nSPS) is 19.3. The highest BCUT2D eigenvalue weighted by Gasteiger charge is 2.53. The van der Waals surface area contributed by atoms with Gasteiger partial charge in [0.15, 0.2) is 6.04 Å². The number of nitrogens with one attached hydrogen (secondary N) is 2. The molecule has 0 spiro atoms. The van der Waals surface area contributed by atoms with Crippen molar-refractivity contribution in [3.63, 3.8) is 0 Å². The predicted molar refractivity (Wildman–Crippen MR) is 152 cm³/mol. The molecule has 0 bridgehead atoms. The van der Waals surface area contributed by atoms with E-state index in [1.165, 1.54) is 24.0 Å². The lowest BCUT2D eigenvalue weighted by molar-refractivity contribution is -0.141. The maximum absolute atomic E-state index is 14.2. The molecule has 0 radical (unpaired) electrons. The lowest BCUT2D eigenvalue weighted by Crippen LogP contribution is -2.48. The molecule has 0 saturated carbocycles. The van der Waals surface area contributed by atoms with Crippen LogP contribution in [0.1, 0.15) is 40.1 Å². The number of imide groups is 1. The molecule has 11 nitrogen and oxygen atoms in total. The van der Waals surface area contributed by atoms with Gasteiger partial charge in [-0.1, -0.05) is 42.5 Å². The summed E-state index contributed by atoms with van der Waals surface area (Å²) in [6, 6.07) is 17.4. The minimum absolute atomic E-state index is 0.0242. The number of amides is 4. The largest absolute Gasteiger partial charge is 0.497 e. The zero-order valence-corrected chi connectivity index (χ0v) is 22.8. The third-order valence-electron chi connectivity index (χ3n) is 7.91. The van der Waals surface area contributed by atoms with Crippen LogP contribution in [0.4, 0.5) is 10.5 Å². The van der Waals surface area contributed by atoms with Crippen molar-refractivity contribution < 1.29 is 34.1 Å². The van der Waals surface area contributed by atoms with E-state index in [0.29, 0.717) is 5.75 Å². The molecule has 0 aliphatic carbocycles. The van der Waals surface area contributed by atoms with Gasteiger partial charge in [0.25, 0.3) is 11.8 Å². The number of para-hydroxylation sites is 2. The maximum atomic E-state index is 14.2. The number of H-pyrrole nitrogens is 1. The average molecular weight is 569 g/mol. The summed E-state index contributed by atoms with van der Waals surface area (Å²) in [5.41, 5.74) is 3.35. The van der Waals surface area contributed by atoms with Gasteiger partial charge in [-0.2, -0.15) is 0 Å². The maximum Gasteiger partial charge on any atom is 0.332 e. The van der Waals surface area contributed by atoms with Crippen molar-refractivity contribution in [3.05, 3.63) is 95.2 Å². The number of hydrogen-bond donors (Lipinski definition) is 4. The molecule has 11 heteroatoms. The summed E-state index contributed by atoms with van der Waals surface area (Å²) >= 11 is 0. The number of aromatic nitrogens is 1. The van der Waals surface area contributed by atoms with E-state index in [1.807, 2.05) is 36.4 Å². The molecule has 3 aromatic carbocycles. The zero-order valence-electron chi connectivity index (χ0n) is 22.8. The van der Waals surface area contributed by atoms with Gasteiger partial charge in [0, 0.05) is 23.0 Å². The molecule has 4 aromatic rings. The smallest absolute Gasteiger partial charge is 0.332 e. The summed E-state index contributed by atoms with van der Waals surface area (Å²) in [4.78, 5) is 59.1. The van der Waals surface area contributed by atoms with Crippen LogP contribution in [0.15, 0.2) is 72.8 Å². The number of aliphatic carboxylic acids is 1. The monoisotopic (exact) mass is 568 g/mol. The number of methoxy groups -OCH3 is 1. The third-order valence-corrected chi connectivity index (χ3v) is 7.91. The Morgan fingerprint density at radius 1 is 1.02 bits per heavy atom. The molecule has 2 unspecified atom stereocenters. The Hall–Kier alpha value is -5.16. The van der Waals surface area contributed by atoms with Crippen molar-refractivity contribution >= 4 is 40.4 Å². The number of fused-ring (bicyclic) bond motifs is 4. The number of hydrogen-bond acceptors (Lipinski definition) is 6. The van der Waals surface area contributed by atoms with Crippen molar-refractivity contribution in [2.45, 2.75) is 37.6 Å². The summed E-state index contributed by atoms with van der Waals surface area (Å²) in [6.45, 7) is 1.24. The Morgan fingerprint density at radius 3 is 2.40 bits per heavy atom. The van der Waals surface area contributed by atoms with Gasteiger partial charge >= 0.3 is 12.0 Å². The molecule has 3 heterocycles. The SMILES string of the molecule is COc1ccc(C2c3[nH]c4ccccc4c3C[C@H]3C(=O)N(c4ccccc4C(=O)N[C@@H](C(=O)O)C(C)O)C(=O)N23)cc1. The molecule has 2 aliphatic heterocycles. The third kappa shape index (κ3) is 4.25. The average Bonchev–Trinajstić information content (AvgIpc) is 3.48. The van der Waals surface area contributed by atoms with Gasteiger partial charge < -0.3 is 25.3 Å². The Labute approximate surface area is 240 Å². The number of urea groups is 1. The molecule has 6 rings (SSSR count). The molecular formula is C31H28N4O7. The number of aliphatic hydroxyl groups is 1. The fourth-order valence-corrected chi connectivity index (χ4v) is 5.90. The minimum Gasteiger partial charge on any atom is -0.497 e. The second-order valence-electron chi connectivity index (χ2n) is 10.4. The molecule has 214 valence electrons. The number of aromatic amines is 1. The summed E-state index contributed by atoms with van der Waals surface area (Å²) < 4.78 is 5.33. The number of rotatable bonds is 7. The van der Waals surface area contributed by atoms with Crippen molar-refractivity contribution in [1.82, 2.24) is 15.2 Å². The van der Waals surface area contributed by atoms with Gasteiger partial charge in [0.2, 0.25) is 0 Å². The quantitative estimate of drug-likeness (QED) is 0.250. The van der Waals surface area contributed by atoms with Crippen LogP contribution >= 0.6 is 0 Å². The van der Waals surface area contributed by atoms with Gasteiger partial charge in [-0.3, -0.25) is 14.5 Å². The second kappa shape index (κ2) is 10.3. The zero-order chi connectivity index (χ0) is 29.7. The number of anilines is 1. The molecule has 1 saturated heterocycles. The summed E-state index contributed by atoms with van der Waals surface area (Å²) in [7, 11) is 1.56. The van der Waals surface area contributed by atoms with Gasteiger partial charge in [-0.05, 0) is 48.4 Å². The van der Waals surface area contributed by atoms with Crippen molar-refractivity contribution in [3.8, 4) is 5.75 Å². The second-order valence-corrected chi connectivity index (χ2v) is 10.4. The Bertz CT molecular complexity index is 1730. The molecule has 42 heavy (non-hydrogen) atoms. The Balaban J connectivity index is 1.44. The van der Waals surface area contributed by atoms with E-state index in [4.69, 9.17) is 4.74 Å². The topological polar surface area (TPSA) is 152 Å². The molecule has 4 amide bonds. The van der Waals surface area contributed by atoms with Crippen LogP contribution < -0.4 is 15.0 Å². The van der Waals surface area contributed by atoms with Crippen molar-refractivity contribution in [1.29, 1.82) is 0 Å². The van der Waals surface area contributed by atoms with E-state index in [2.05, 4.69) is 10.3 Å². The lowest BCUT2D eigenvalue weighted by atomic mass is 9.89. The Morgan fingerprint density at radius 2 is 1.71 bits per heavy atom. The number of carboxylic acid groups (broad SMARTS) is 1. The van der Waals surface area contributed by atoms with E-state index in [0.717, 1.165) is 32.6 Å².